The summed E-state index contributed by atoms with van der Waals surface area (Å²) in [5.41, 5.74) is 0. The van der Waals surface area contributed by atoms with Crippen LogP contribution in [0.4, 0.5) is 0 Å². The quantitative estimate of drug-likeness (QED) is 0.556. The molecule has 0 aliphatic heterocycles. The van der Waals surface area contributed by atoms with Crippen LogP contribution < -0.4 is 0 Å². The van der Waals surface area contributed by atoms with Crippen molar-refractivity contribution < 1.29 is 14.6 Å². The van der Waals surface area contributed by atoms with Gasteiger partial charge in [-0.1, -0.05) is 6.58 Å². The van der Waals surface area contributed by atoms with Crippen molar-refractivity contribution in [3.8, 4) is 0 Å². The highest BCUT2D eigenvalue weighted by Gasteiger charge is 1.99. The average Bonchev–Trinajstić information content (AvgIpc) is 1.97. The Morgan fingerprint density at radius 1 is 1.70 bits per heavy atom. The molecule has 3 heteroatoms. The second kappa shape index (κ2) is 6.58. The summed E-state index contributed by atoms with van der Waals surface area (Å²) in [4.78, 5) is 0. The minimum Gasteiger partial charge on any atom is -0.499 e. The van der Waals surface area contributed by atoms with Gasteiger partial charge in [0.25, 0.3) is 0 Å². The van der Waals surface area contributed by atoms with Crippen LogP contribution in [-0.2, 0) is 9.47 Å². The third kappa shape index (κ3) is 5.59. The standard InChI is InChI=1S/C7H14O3/c1-3-9-6-7(2)10-5-4-8/h3,7-8H,1,4-6H2,2H3. The lowest BCUT2D eigenvalue weighted by Crippen LogP contribution is -2.16. The Kier molecular flexibility index (Phi) is 6.22. The number of rotatable bonds is 6. The minimum atomic E-state index is 0.0187. The molecule has 0 aromatic heterocycles. The average molecular weight is 146 g/mol. The van der Waals surface area contributed by atoms with E-state index in [-0.39, 0.29) is 12.7 Å². The van der Waals surface area contributed by atoms with Gasteiger partial charge in [-0.25, -0.2) is 0 Å². The van der Waals surface area contributed by atoms with Crippen LogP contribution in [0.25, 0.3) is 0 Å². The van der Waals surface area contributed by atoms with E-state index in [1.54, 1.807) is 0 Å². The summed E-state index contributed by atoms with van der Waals surface area (Å²) in [7, 11) is 0. The van der Waals surface area contributed by atoms with Crippen molar-refractivity contribution in [3.63, 3.8) is 0 Å². The van der Waals surface area contributed by atoms with Crippen LogP contribution >= 0.6 is 0 Å². The first-order valence-corrected chi connectivity index (χ1v) is 3.26. The largest absolute Gasteiger partial charge is 0.499 e. The lowest BCUT2D eigenvalue weighted by atomic mass is 10.4. The van der Waals surface area contributed by atoms with Crippen LogP contribution in [0, 0.1) is 0 Å². The van der Waals surface area contributed by atoms with Gasteiger partial charge in [-0.3, -0.25) is 0 Å². The molecule has 1 N–H and O–H groups in total. The van der Waals surface area contributed by atoms with Crippen molar-refractivity contribution in [2.75, 3.05) is 19.8 Å². The van der Waals surface area contributed by atoms with E-state index in [9.17, 15) is 0 Å². The van der Waals surface area contributed by atoms with E-state index in [0.29, 0.717) is 13.2 Å². The summed E-state index contributed by atoms with van der Waals surface area (Å²) >= 11 is 0. The van der Waals surface area contributed by atoms with E-state index >= 15 is 0 Å². The number of ether oxygens (including phenoxy) is 2. The molecule has 0 saturated carbocycles. The van der Waals surface area contributed by atoms with E-state index in [4.69, 9.17) is 14.6 Å². The summed E-state index contributed by atoms with van der Waals surface area (Å²) in [5.74, 6) is 0. The van der Waals surface area contributed by atoms with Gasteiger partial charge in [-0.05, 0) is 6.92 Å². The predicted octanol–water partition coefficient (Wildman–Crippen LogP) is 0.544. The van der Waals surface area contributed by atoms with Crippen LogP contribution in [0.5, 0.6) is 0 Å². The summed E-state index contributed by atoms with van der Waals surface area (Å²) in [6.45, 7) is 6.17. The van der Waals surface area contributed by atoms with E-state index in [1.165, 1.54) is 6.26 Å². The Bertz CT molecular complexity index is 82.9. The first-order valence-electron chi connectivity index (χ1n) is 3.26. The Labute approximate surface area is 61.3 Å². The fraction of sp³-hybridized carbons (Fsp3) is 0.714. The Hall–Kier alpha value is -0.540. The number of hydrogen-bond acceptors (Lipinski definition) is 3. The van der Waals surface area contributed by atoms with Crippen molar-refractivity contribution in [2.24, 2.45) is 0 Å². The zero-order valence-electron chi connectivity index (χ0n) is 6.25. The number of aliphatic hydroxyl groups is 1. The van der Waals surface area contributed by atoms with E-state index in [2.05, 4.69) is 6.58 Å². The van der Waals surface area contributed by atoms with Gasteiger partial charge in [-0.2, -0.15) is 0 Å². The van der Waals surface area contributed by atoms with Crippen LogP contribution in [-0.4, -0.2) is 31.0 Å². The molecule has 1 atom stereocenters. The van der Waals surface area contributed by atoms with Gasteiger partial charge in [0.1, 0.15) is 6.61 Å². The molecule has 0 bridgehead atoms. The molecule has 0 spiro atoms. The molecule has 10 heavy (non-hydrogen) atoms. The first-order chi connectivity index (χ1) is 4.81. The molecule has 0 aliphatic rings. The molecule has 0 aromatic rings. The highest BCUT2D eigenvalue weighted by Crippen LogP contribution is 1.90. The second-order valence-corrected chi connectivity index (χ2v) is 1.91. The van der Waals surface area contributed by atoms with E-state index < -0.39 is 0 Å². The molecule has 0 heterocycles. The van der Waals surface area contributed by atoms with E-state index in [0.717, 1.165) is 0 Å². The maximum atomic E-state index is 8.35. The molecule has 3 nitrogen and oxygen atoms in total. The predicted molar refractivity (Wildman–Crippen MR) is 38.6 cm³/mol. The van der Waals surface area contributed by atoms with Gasteiger partial charge in [0, 0.05) is 0 Å². The SMILES string of the molecule is C=COCC(C)OCCO. The molecular formula is C7H14O3. The molecule has 60 valence electrons. The van der Waals surface area contributed by atoms with Gasteiger partial charge in [-0.15, -0.1) is 0 Å². The fourth-order valence-electron chi connectivity index (χ4n) is 0.506. The van der Waals surface area contributed by atoms with E-state index in [1.807, 2.05) is 6.92 Å². The van der Waals surface area contributed by atoms with Crippen LogP contribution in [0.1, 0.15) is 6.92 Å². The van der Waals surface area contributed by atoms with Crippen molar-refractivity contribution in [1.29, 1.82) is 0 Å². The van der Waals surface area contributed by atoms with Gasteiger partial charge in [0.05, 0.1) is 25.6 Å². The molecular weight excluding hydrogens is 132 g/mol. The third-order valence-corrected chi connectivity index (χ3v) is 0.942. The molecule has 1 unspecified atom stereocenters. The summed E-state index contributed by atoms with van der Waals surface area (Å²) < 4.78 is 9.92. The van der Waals surface area contributed by atoms with Crippen LogP contribution in [0.2, 0.25) is 0 Å². The van der Waals surface area contributed by atoms with Crippen molar-refractivity contribution >= 4 is 0 Å². The van der Waals surface area contributed by atoms with Crippen LogP contribution in [0.3, 0.4) is 0 Å². The smallest absolute Gasteiger partial charge is 0.113 e. The molecule has 0 aromatic carbocycles. The maximum Gasteiger partial charge on any atom is 0.113 e. The molecule has 0 saturated heterocycles. The molecule has 0 aliphatic carbocycles. The molecule has 0 radical (unpaired) electrons. The lowest BCUT2D eigenvalue weighted by Gasteiger charge is -2.10. The zero-order chi connectivity index (χ0) is 7.82. The van der Waals surface area contributed by atoms with Gasteiger partial charge in [0.15, 0.2) is 0 Å². The monoisotopic (exact) mass is 146 g/mol. The fourth-order valence-corrected chi connectivity index (χ4v) is 0.506. The minimum absolute atomic E-state index is 0.0187. The van der Waals surface area contributed by atoms with Crippen LogP contribution in [0.15, 0.2) is 12.8 Å². The van der Waals surface area contributed by atoms with Gasteiger partial charge < -0.3 is 14.6 Å². The normalized spacial score (nSPS) is 12.6. The first kappa shape index (κ1) is 9.46. The van der Waals surface area contributed by atoms with Gasteiger partial charge in [0.2, 0.25) is 0 Å². The zero-order valence-corrected chi connectivity index (χ0v) is 6.25. The summed E-state index contributed by atoms with van der Waals surface area (Å²) in [6.07, 6.45) is 1.39. The Morgan fingerprint density at radius 3 is 2.90 bits per heavy atom. The highest BCUT2D eigenvalue weighted by molar-refractivity contribution is 4.53. The topological polar surface area (TPSA) is 38.7 Å². The third-order valence-electron chi connectivity index (χ3n) is 0.942. The Balaban J connectivity index is 3.07. The second-order valence-electron chi connectivity index (χ2n) is 1.91. The number of hydrogen-bond donors (Lipinski definition) is 1. The molecule has 0 rings (SSSR count). The van der Waals surface area contributed by atoms with Crippen molar-refractivity contribution in [2.45, 2.75) is 13.0 Å². The number of aliphatic hydroxyl groups excluding tert-OH is 1. The lowest BCUT2D eigenvalue weighted by molar-refractivity contribution is 0.00344. The highest BCUT2D eigenvalue weighted by atomic mass is 16.5. The molecule has 0 fully saturated rings. The van der Waals surface area contributed by atoms with Gasteiger partial charge >= 0.3 is 0 Å². The summed E-state index contributed by atoms with van der Waals surface area (Å²) in [5, 5.41) is 8.35. The maximum absolute atomic E-state index is 8.35. The molecule has 0 amide bonds. The summed E-state index contributed by atoms with van der Waals surface area (Å²) in [6, 6.07) is 0. The van der Waals surface area contributed by atoms with Crippen molar-refractivity contribution in [3.05, 3.63) is 12.8 Å². The Morgan fingerprint density at radius 2 is 2.40 bits per heavy atom. The van der Waals surface area contributed by atoms with Crippen molar-refractivity contribution in [1.82, 2.24) is 0 Å².